The summed E-state index contributed by atoms with van der Waals surface area (Å²) in [5.74, 6) is 0. The van der Waals surface area contributed by atoms with E-state index in [1.807, 2.05) is 34.6 Å². The average molecular weight is 238 g/mol. The van der Waals surface area contributed by atoms with Gasteiger partial charge in [-0.15, -0.1) is 13.2 Å². The summed E-state index contributed by atoms with van der Waals surface area (Å²) in [6, 6.07) is 0. The van der Waals surface area contributed by atoms with Gasteiger partial charge in [0.05, 0.1) is 23.9 Å². The Labute approximate surface area is 105 Å². The lowest BCUT2D eigenvalue weighted by molar-refractivity contribution is 0.00578. The first kappa shape index (κ1) is 14.5. The summed E-state index contributed by atoms with van der Waals surface area (Å²) in [5.41, 5.74) is 0.142. The number of ether oxygens (including phenoxy) is 1. The maximum absolute atomic E-state index is 5.90. The second kappa shape index (κ2) is 4.97. The zero-order valence-corrected chi connectivity index (χ0v) is 11.6. The van der Waals surface area contributed by atoms with Crippen LogP contribution in [0.25, 0.3) is 0 Å². The first-order valence-corrected chi connectivity index (χ1v) is 5.98. The quantitative estimate of drug-likeness (QED) is 0.544. The zero-order chi connectivity index (χ0) is 13.3. The molecule has 0 amide bonds. The molecule has 3 nitrogen and oxygen atoms in total. The van der Waals surface area contributed by atoms with E-state index in [1.54, 1.807) is 6.08 Å². The van der Waals surface area contributed by atoms with E-state index in [1.165, 1.54) is 0 Å². The van der Waals surface area contributed by atoms with Crippen molar-refractivity contribution < 1.29 is 14.0 Å². The van der Waals surface area contributed by atoms with Crippen molar-refractivity contribution in [3.63, 3.8) is 0 Å². The molecule has 4 heteroatoms. The zero-order valence-electron chi connectivity index (χ0n) is 11.6. The van der Waals surface area contributed by atoms with E-state index in [-0.39, 0.29) is 17.3 Å². The van der Waals surface area contributed by atoms with Gasteiger partial charge < -0.3 is 14.0 Å². The van der Waals surface area contributed by atoms with Crippen molar-refractivity contribution in [1.82, 2.24) is 0 Å². The third-order valence-electron chi connectivity index (χ3n) is 3.54. The van der Waals surface area contributed by atoms with E-state index in [2.05, 4.69) is 13.2 Å². The molecular formula is C13H23BO3. The van der Waals surface area contributed by atoms with Crippen LogP contribution in [0.4, 0.5) is 0 Å². The van der Waals surface area contributed by atoms with Gasteiger partial charge in [0.25, 0.3) is 0 Å². The molecule has 96 valence electrons. The molecule has 0 aromatic carbocycles. The van der Waals surface area contributed by atoms with Crippen LogP contribution in [-0.4, -0.2) is 31.0 Å². The van der Waals surface area contributed by atoms with Crippen LogP contribution in [0.15, 0.2) is 24.7 Å². The van der Waals surface area contributed by atoms with Crippen molar-refractivity contribution >= 4 is 7.12 Å². The molecule has 1 saturated heterocycles. The lowest BCUT2D eigenvalue weighted by atomic mass is 9.76. The third kappa shape index (κ3) is 3.00. The van der Waals surface area contributed by atoms with E-state index < -0.39 is 7.12 Å². The van der Waals surface area contributed by atoms with Crippen LogP contribution in [-0.2, 0) is 14.0 Å². The summed E-state index contributed by atoms with van der Waals surface area (Å²) in [6.07, 6.45) is 1.61. The minimum Gasteiger partial charge on any atom is -0.400 e. The van der Waals surface area contributed by atoms with E-state index >= 15 is 0 Å². The first-order valence-electron chi connectivity index (χ1n) is 5.98. The lowest BCUT2D eigenvalue weighted by Gasteiger charge is -2.32. The Balaban J connectivity index is 2.65. The fraction of sp³-hybridized carbons (Fsp3) is 0.692. The van der Waals surface area contributed by atoms with Crippen molar-refractivity contribution in [1.29, 1.82) is 0 Å². The van der Waals surface area contributed by atoms with Gasteiger partial charge in [-0.05, 0) is 40.1 Å². The Morgan fingerprint density at radius 1 is 1.29 bits per heavy atom. The summed E-state index contributed by atoms with van der Waals surface area (Å²) in [4.78, 5) is 0. The summed E-state index contributed by atoms with van der Waals surface area (Å²) in [5, 5.41) is 0. The first-order chi connectivity index (χ1) is 7.71. The molecule has 1 aliphatic heterocycles. The topological polar surface area (TPSA) is 27.7 Å². The highest BCUT2D eigenvalue weighted by atomic mass is 16.7. The standard InChI is InChI=1S/C13H23BO3/c1-8-9-15-11(3)10(2)14-16-12(4,5)13(6,7)17-14/h8,11H,1-2,9H2,3-7H3. The van der Waals surface area contributed by atoms with E-state index in [0.717, 1.165) is 5.47 Å². The Morgan fingerprint density at radius 2 is 1.76 bits per heavy atom. The predicted octanol–water partition coefficient (Wildman–Crippen LogP) is 2.77. The molecule has 1 rings (SSSR count). The number of hydrogen-bond donors (Lipinski definition) is 0. The van der Waals surface area contributed by atoms with Crippen molar-refractivity contribution in [2.75, 3.05) is 6.61 Å². The Bertz CT molecular complexity index is 294. The third-order valence-corrected chi connectivity index (χ3v) is 3.54. The average Bonchev–Trinajstić information content (AvgIpc) is 2.43. The Morgan fingerprint density at radius 3 is 2.18 bits per heavy atom. The Kier molecular flexibility index (Phi) is 4.23. The molecule has 1 aliphatic rings. The highest BCUT2D eigenvalue weighted by Gasteiger charge is 2.52. The van der Waals surface area contributed by atoms with Crippen LogP contribution < -0.4 is 0 Å². The van der Waals surface area contributed by atoms with Gasteiger partial charge in [0.2, 0.25) is 0 Å². The van der Waals surface area contributed by atoms with Gasteiger partial charge in [-0.1, -0.05) is 6.08 Å². The maximum Gasteiger partial charge on any atom is 0.492 e. The van der Waals surface area contributed by atoms with Gasteiger partial charge in [-0.25, -0.2) is 0 Å². The van der Waals surface area contributed by atoms with E-state index in [4.69, 9.17) is 14.0 Å². The van der Waals surface area contributed by atoms with Crippen molar-refractivity contribution in [2.24, 2.45) is 0 Å². The minimum atomic E-state index is -0.403. The maximum atomic E-state index is 5.90. The smallest absolute Gasteiger partial charge is 0.400 e. The fourth-order valence-corrected chi connectivity index (χ4v) is 1.51. The molecule has 1 unspecified atom stereocenters. The molecule has 0 aromatic heterocycles. The molecule has 0 bridgehead atoms. The van der Waals surface area contributed by atoms with Crippen LogP contribution in [0, 0.1) is 0 Å². The summed E-state index contributed by atoms with van der Waals surface area (Å²) < 4.78 is 17.3. The molecule has 0 aromatic rings. The highest BCUT2D eigenvalue weighted by molar-refractivity contribution is 6.54. The summed E-state index contributed by atoms with van der Waals surface area (Å²) >= 11 is 0. The summed E-state index contributed by atoms with van der Waals surface area (Å²) in [7, 11) is -0.403. The normalized spacial score (nSPS) is 23.5. The largest absolute Gasteiger partial charge is 0.492 e. The van der Waals surface area contributed by atoms with Crippen LogP contribution in [0.5, 0.6) is 0 Å². The number of rotatable bonds is 5. The lowest BCUT2D eigenvalue weighted by Crippen LogP contribution is -2.41. The molecule has 0 N–H and O–H groups in total. The minimum absolute atomic E-state index is 0.109. The number of hydrogen-bond acceptors (Lipinski definition) is 3. The van der Waals surface area contributed by atoms with Crippen LogP contribution in [0.2, 0.25) is 0 Å². The molecule has 0 saturated carbocycles. The van der Waals surface area contributed by atoms with Crippen LogP contribution in [0.1, 0.15) is 34.6 Å². The molecule has 0 spiro atoms. The van der Waals surface area contributed by atoms with Gasteiger partial charge in [0.1, 0.15) is 0 Å². The predicted molar refractivity (Wildman–Crippen MR) is 70.8 cm³/mol. The fourth-order valence-electron chi connectivity index (χ4n) is 1.51. The van der Waals surface area contributed by atoms with Crippen molar-refractivity contribution in [2.45, 2.75) is 51.9 Å². The molecule has 0 radical (unpaired) electrons. The SMILES string of the molecule is C=CCOC(C)C(=C)B1OC(C)(C)C(C)(C)O1. The van der Waals surface area contributed by atoms with Gasteiger partial charge in [0.15, 0.2) is 0 Å². The van der Waals surface area contributed by atoms with Gasteiger partial charge in [0, 0.05) is 0 Å². The highest BCUT2D eigenvalue weighted by Crippen LogP contribution is 2.38. The van der Waals surface area contributed by atoms with E-state index in [9.17, 15) is 0 Å². The van der Waals surface area contributed by atoms with Crippen molar-refractivity contribution in [3.8, 4) is 0 Å². The van der Waals surface area contributed by atoms with Gasteiger partial charge >= 0.3 is 7.12 Å². The second-order valence-corrected chi connectivity index (χ2v) is 5.43. The van der Waals surface area contributed by atoms with E-state index in [0.29, 0.717) is 6.61 Å². The van der Waals surface area contributed by atoms with Crippen LogP contribution >= 0.6 is 0 Å². The molecular weight excluding hydrogens is 215 g/mol. The van der Waals surface area contributed by atoms with Crippen LogP contribution in [0.3, 0.4) is 0 Å². The molecule has 1 fully saturated rings. The molecule has 17 heavy (non-hydrogen) atoms. The Hall–Kier alpha value is -0.575. The monoisotopic (exact) mass is 238 g/mol. The molecule has 0 aliphatic carbocycles. The van der Waals surface area contributed by atoms with Gasteiger partial charge in [-0.3, -0.25) is 0 Å². The van der Waals surface area contributed by atoms with Crippen molar-refractivity contribution in [3.05, 3.63) is 24.7 Å². The van der Waals surface area contributed by atoms with Gasteiger partial charge in [-0.2, -0.15) is 0 Å². The molecule has 1 heterocycles. The summed E-state index contributed by atoms with van der Waals surface area (Å²) in [6.45, 7) is 18.2. The molecule has 1 atom stereocenters. The second-order valence-electron chi connectivity index (χ2n) is 5.43.